The Morgan fingerprint density at radius 1 is 1.06 bits per heavy atom. The lowest BCUT2D eigenvalue weighted by Gasteiger charge is -2.21. The van der Waals surface area contributed by atoms with Gasteiger partial charge in [-0.25, -0.2) is 23.1 Å². The lowest BCUT2D eigenvalue weighted by Crippen LogP contribution is -2.37. The average Bonchev–Trinajstić information content (AvgIpc) is 3.02. The highest BCUT2D eigenvalue weighted by Crippen LogP contribution is 2.20. The van der Waals surface area contributed by atoms with Crippen molar-refractivity contribution >= 4 is 5.97 Å². The third-order valence-electron chi connectivity index (χ3n) is 5.25. The van der Waals surface area contributed by atoms with E-state index in [9.17, 15) is 18.4 Å². The van der Waals surface area contributed by atoms with Crippen LogP contribution >= 0.6 is 0 Å². The molecule has 0 aliphatic heterocycles. The maximum atomic E-state index is 13.5. The van der Waals surface area contributed by atoms with E-state index in [0.29, 0.717) is 30.1 Å². The molecule has 0 aliphatic carbocycles. The first-order valence-electron chi connectivity index (χ1n) is 10.7. The van der Waals surface area contributed by atoms with Gasteiger partial charge >= 0.3 is 11.7 Å². The molecule has 0 radical (unpaired) electrons. The van der Waals surface area contributed by atoms with Crippen molar-refractivity contribution < 1.29 is 23.4 Å². The van der Waals surface area contributed by atoms with Gasteiger partial charge in [0, 0.05) is 19.0 Å². The van der Waals surface area contributed by atoms with Crippen LogP contribution in [0.2, 0.25) is 0 Å². The summed E-state index contributed by atoms with van der Waals surface area (Å²) in [6, 6.07) is 10.4. The molecule has 2 aromatic carbocycles. The van der Waals surface area contributed by atoms with E-state index in [1.165, 1.54) is 30.7 Å². The van der Waals surface area contributed by atoms with Crippen LogP contribution in [0.25, 0.3) is 0 Å². The van der Waals surface area contributed by atoms with E-state index in [1.54, 1.807) is 16.7 Å². The maximum absolute atomic E-state index is 13.5. The predicted octanol–water partition coefficient (Wildman–Crippen LogP) is 3.81. The molecule has 0 unspecified atom stereocenters. The van der Waals surface area contributed by atoms with Crippen LogP contribution < -0.4 is 10.4 Å². The number of halogens is 2. The van der Waals surface area contributed by atoms with E-state index < -0.39 is 23.2 Å². The zero-order valence-corrected chi connectivity index (χ0v) is 18.8. The SMILES string of the molecule is CCn1c(CCCc2ccc(OC(C)(C)C(=O)O)cc2)nn(Cc2cc(F)cc(F)c2)c1=O. The van der Waals surface area contributed by atoms with Crippen LogP contribution in [-0.2, 0) is 30.7 Å². The van der Waals surface area contributed by atoms with Crippen molar-refractivity contribution in [1.29, 1.82) is 0 Å². The van der Waals surface area contributed by atoms with Gasteiger partial charge in [-0.05, 0) is 69.0 Å². The summed E-state index contributed by atoms with van der Waals surface area (Å²) in [4.78, 5) is 23.8. The molecule has 3 rings (SSSR count). The first kappa shape index (κ1) is 24.2. The van der Waals surface area contributed by atoms with Crippen LogP contribution in [0.4, 0.5) is 8.78 Å². The number of aryl methyl sites for hydroxylation is 2. The van der Waals surface area contributed by atoms with Crippen molar-refractivity contribution in [3.05, 3.63) is 81.5 Å². The first-order valence-corrected chi connectivity index (χ1v) is 10.7. The lowest BCUT2D eigenvalue weighted by atomic mass is 10.1. The monoisotopic (exact) mass is 459 g/mol. The van der Waals surface area contributed by atoms with Crippen LogP contribution in [0.15, 0.2) is 47.3 Å². The van der Waals surface area contributed by atoms with Crippen molar-refractivity contribution in [1.82, 2.24) is 14.3 Å². The number of benzene rings is 2. The van der Waals surface area contributed by atoms with Gasteiger partial charge in [0.05, 0.1) is 6.54 Å². The summed E-state index contributed by atoms with van der Waals surface area (Å²) in [5.41, 5.74) is -0.271. The molecule has 0 aliphatic rings. The van der Waals surface area contributed by atoms with E-state index in [2.05, 4.69) is 5.10 Å². The highest BCUT2D eigenvalue weighted by Gasteiger charge is 2.29. The van der Waals surface area contributed by atoms with Gasteiger partial charge in [-0.15, -0.1) is 0 Å². The molecule has 1 heterocycles. The number of ether oxygens (including phenoxy) is 1. The Morgan fingerprint density at radius 3 is 2.27 bits per heavy atom. The Balaban J connectivity index is 1.64. The fraction of sp³-hybridized carbons (Fsp3) is 0.375. The molecule has 1 N–H and O–H groups in total. The third kappa shape index (κ3) is 6.06. The van der Waals surface area contributed by atoms with Crippen LogP contribution in [0, 0.1) is 11.6 Å². The van der Waals surface area contributed by atoms with Crippen LogP contribution in [-0.4, -0.2) is 31.0 Å². The zero-order valence-electron chi connectivity index (χ0n) is 18.8. The van der Waals surface area contributed by atoms with Gasteiger partial charge in [-0.3, -0.25) is 4.57 Å². The minimum Gasteiger partial charge on any atom is -0.478 e. The van der Waals surface area contributed by atoms with Crippen molar-refractivity contribution in [2.45, 2.75) is 58.7 Å². The molecular formula is C24H27F2N3O4. The largest absolute Gasteiger partial charge is 0.478 e. The topological polar surface area (TPSA) is 86.3 Å². The number of carbonyl (C=O) groups is 1. The molecule has 0 saturated carbocycles. The molecule has 176 valence electrons. The fourth-order valence-electron chi connectivity index (χ4n) is 3.48. The number of hydrogen-bond donors (Lipinski definition) is 1. The van der Waals surface area contributed by atoms with Gasteiger partial charge in [0.15, 0.2) is 5.60 Å². The Morgan fingerprint density at radius 2 is 1.70 bits per heavy atom. The summed E-state index contributed by atoms with van der Waals surface area (Å²) in [5, 5.41) is 13.5. The second-order valence-electron chi connectivity index (χ2n) is 8.29. The summed E-state index contributed by atoms with van der Waals surface area (Å²) in [6.07, 6.45) is 2.01. The Labute approximate surface area is 190 Å². The number of hydrogen-bond acceptors (Lipinski definition) is 4. The summed E-state index contributed by atoms with van der Waals surface area (Å²) < 4.78 is 35.2. The van der Waals surface area contributed by atoms with Gasteiger partial charge in [-0.2, -0.15) is 5.10 Å². The molecule has 33 heavy (non-hydrogen) atoms. The summed E-state index contributed by atoms with van der Waals surface area (Å²) in [5.74, 6) is -1.36. The van der Waals surface area contributed by atoms with Gasteiger partial charge < -0.3 is 9.84 Å². The molecule has 0 atom stereocenters. The molecule has 1 aromatic heterocycles. The van der Waals surface area contributed by atoms with Gasteiger partial charge in [0.2, 0.25) is 0 Å². The molecule has 0 saturated heterocycles. The molecule has 0 bridgehead atoms. The lowest BCUT2D eigenvalue weighted by molar-refractivity contribution is -0.152. The maximum Gasteiger partial charge on any atom is 0.347 e. The molecule has 0 amide bonds. The molecule has 0 fully saturated rings. The molecule has 3 aromatic rings. The van der Waals surface area contributed by atoms with E-state index in [4.69, 9.17) is 9.84 Å². The number of aliphatic carboxylic acids is 1. The molecule has 0 spiro atoms. The van der Waals surface area contributed by atoms with Gasteiger partial charge in [0.1, 0.15) is 23.2 Å². The molecule has 9 heteroatoms. The minimum atomic E-state index is -1.32. The molecule has 7 nitrogen and oxygen atoms in total. The smallest absolute Gasteiger partial charge is 0.347 e. The molecular weight excluding hydrogens is 432 g/mol. The number of rotatable bonds is 10. The zero-order chi connectivity index (χ0) is 24.2. The summed E-state index contributed by atoms with van der Waals surface area (Å²) in [7, 11) is 0. The quantitative estimate of drug-likeness (QED) is 0.498. The minimum absolute atomic E-state index is 0.0122. The third-order valence-corrected chi connectivity index (χ3v) is 5.25. The first-order chi connectivity index (χ1) is 15.6. The number of carboxylic acid groups (broad SMARTS) is 1. The fourth-order valence-corrected chi connectivity index (χ4v) is 3.48. The van der Waals surface area contributed by atoms with E-state index >= 15 is 0 Å². The second-order valence-corrected chi connectivity index (χ2v) is 8.29. The van der Waals surface area contributed by atoms with Crippen LogP contribution in [0.1, 0.15) is 44.1 Å². The van der Waals surface area contributed by atoms with Gasteiger partial charge in [-0.1, -0.05) is 12.1 Å². The highest BCUT2D eigenvalue weighted by atomic mass is 19.1. The summed E-state index contributed by atoms with van der Waals surface area (Å²) >= 11 is 0. The summed E-state index contributed by atoms with van der Waals surface area (Å²) in [6.45, 7) is 5.25. The average molecular weight is 459 g/mol. The van der Waals surface area contributed by atoms with E-state index in [0.717, 1.165) is 24.5 Å². The number of carboxylic acids is 1. The normalized spacial score (nSPS) is 11.5. The highest BCUT2D eigenvalue weighted by molar-refractivity contribution is 5.76. The predicted molar refractivity (Wildman–Crippen MR) is 118 cm³/mol. The van der Waals surface area contributed by atoms with Crippen molar-refractivity contribution in [2.24, 2.45) is 0 Å². The Hall–Kier alpha value is -3.49. The number of aromatic nitrogens is 3. The van der Waals surface area contributed by atoms with E-state index in [1.807, 2.05) is 19.1 Å². The Kier molecular flexibility index (Phi) is 7.30. The van der Waals surface area contributed by atoms with Crippen molar-refractivity contribution in [3.63, 3.8) is 0 Å². The van der Waals surface area contributed by atoms with Gasteiger partial charge in [0.25, 0.3) is 0 Å². The Bertz CT molecular complexity index is 1160. The number of nitrogens with zero attached hydrogens (tertiary/aromatic N) is 3. The van der Waals surface area contributed by atoms with Crippen molar-refractivity contribution in [2.75, 3.05) is 0 Å². The van der Waals surface area contributed by atoms with Crippen LogP contribution in [0.3, 0.4) is 0 Å². The van der Waals surface area contributed by atoms with Crippen LogP contribution in [0.5, 0.6) is 5.75 Å². The standard InChI is InChI=1S/C24H27F2N3O4/c1-4-28-21(27-29(23(28)32)15-17-12-18(25)14-19(26)13-17)7-5-6-16-8-10-20(11-9-16)33-24(2,3)22(30)31/h8-14H,4-7,15H2,1-3H3,(H,30,31). The second kappa shape index (κ2) is 9.97. The van der Waals surface area contributed by atoms with Crippen molar-refractivity contribution in [3.8, 4) is 5.75 Å². The van der Waals surface area contributed by atoms with E-state index in [-0.39, 0.29) is 12.2 Å².